The second kappa shape index (κ2) is 18.7. The highest BCUT2D eigenvalue weighted by Crippen LogP contribution is 2.48. The summed E-state index contributed by atoms with van der Waals surface area (Å²) in [5.41, 5.74) is 0. The lowest BCUT2D eigenvalue weighted by molar-refractivity contribution is -0.870. The molecule has 2 atom stereocenters. The molecule has 10 nitrogen and oxygen atoms in total. The Morgan fingerprint density at radius 1 is 0.457 bits per heavy atom. The first-order chi connectivity index (χ1) is 16.1. The Bertz CT molecular complexity index is 471. The Labute approximate surface area is 215 Å². The minimum atomic E-state index is -3.93. The van der Waals surface area contributed by atoms with Crippen molar-refractivity contribution in [1.82, 2.24) is 0 Å². The average molecular weight is 549 g/mol. The molecule has 0 saturated carbocycles. The van der Waals surface area contributed by atoms with E-state index in [2.05, 4.69) is 0 Å². The third kappa shape index (κ3) is 27.3. The number of quaternary nitrogens is 2. The van der Waals surface area contributed by atoms with Gasteiger partial charge >= 0.3 is 16.3 Å². The van der Waals surface area contributed by atoms with Crippen LogP contribution in [-0.2, 0) is 18.1 Å². The Balaban J connectivity index is 3.44. The van der Waals surface area contributed by atoms with E-state index in [0.717, 1.165) is 51.4 Å². The van der Waals surface area contributed by atoms with E-state index in [1.165, 1.54) is 19.3 Å². The van der Waals surface area contributed by atoms with Crippen molar-refractivity contribution < 1.29 is 46.6 Å². The Morgan fingerprint density at radius 3 is 0.943 bits per heavy atom. The van der Waals surface area contributed by atoms with Crippen LogP contribution in [0.3, 0.4) is 0 Å². The number of hydrogen-bond donors (Lipinski definition) is 2. The summed E-state index contributed by atoms with van der Waals surface area (Å²) in [6, 6.07) is 0. The highest BCUT2D eigenvalue weighted by Gasteiger charge is 2.28. The van der Waals surface area contributed by atoms with Gasteiger partial charge in [-0.1, -0.05) is 57.8 Å². The Morgan fingerprint density at radius 2 is 0.686 bits per heavy atom. The fourth-order valence-electron chi connectivity index (χ4n) is 3.09. The van der Waals surface area contributed by atoms with Crippen LogP contribution in [0.2, 0.25) is 0 Å². The van der Waals surface area contributed by atoms with Gasteiger partial charge in [-0.15, -0.1) is 0 Å². The molecule has 0 aliphatic carbocycles. The molecule has 0 aliphatic heterocycles. The predicted octanol–water partition coefficient (Wildman–Crippen LogP) is 2.82. The molecule has 12 heteroatoms. The quantitative estimate of drug-likeness (QED) is 0.107. The topological polar surface area (TPSA) is 124 Å². The van der Waals surface area contributed by atoms with Crippen LogP contribution in [0.5, 0.6) is 0 Å². The van der Waals surface area contributed by atoms with E-state index in [-0.39, 0.29) is 26.4 Å². The second-order valence-corrected chi connectivity index (χ2v) is 14.1. The first kappa shape index (κ1) is 35.5. The lowest BCUT2D eigenvalue weighted by atomic mass is 10.1. The maximum Gasteiger partial charge on any atom is 0.377 e. The molecule has 0 saturated heterocycles. The Hall–Kier alpha value is 0.460. The van der Waals surface area contributed by atoms with Crippen LogP contribution >= 0.6 is 16.3 Å². The van der Waals surface area contributed by atoms with E-state index in [9.17, 15) is 19.6 Å². The van der Waals surface area contributed by atoms with Gasteiger partial charge in [-0.3, -0.25) is 0 Å². The third-order valence-corrected chi connectivity index (χ3v) is 7.37. The molecule has 0 heterocycles. The van der Waals surface area contributed by atoms with Gasteiger partial charge in [0.1, 0.15) is 26.3 Å². The van der Waals surface area contributed by atoms with Crippen LogP contribution in [0.15, 0.2) is 0 Å². The first-order valence-electron chi connectivity index (χ1n) is 13.0. The lowest BCUT2D eigenvalue weighted by Gasteiger charge is -2.25. The van der Waals surface area contributed by atoms with Gasteiger partial charge in [0.05, 0.1) is 55.5 Å². The third-order valence-electron chi connectivity index (χ3n) is 5.33. The standard InChI is InChI=1S/C23H52N2O8P2/c1-24(2,3)18-22-32-34(26,27)30-20-16-14-12-10-8-7-9-11-13-15-17-21-31-35(28,29)33-23-19-25(4,5)6/h7-23H2,1-6H3/p+2. The van der Waals surface area contributed by atoms with E-state index in [0.29, 0.717) is 22.1 Å². The van der Waals surface area contributed by atoms with Gasteiger partial charge in [0.25, 0.3) is 0 Å². The zero-order valence-corrected chi connectivity index (χ0v) is 24.9. The van der Waals surface area contributed by atoms with Gasteiger partial charge in [-0.25, -0.2) is 0 Å². The van der Waals surface area contributed by atoms with Crippen LogP contribution in [0.25, 0.3) is 0 Å². The van der Waals surface area contributed by atoms with Crippen LogP contribution in [-0.4, -0.2) is 101 Å². The largest absolute Gasteiger partial charge is 0.606 e. The van der Waals surface area contributed by atoms with Crippen molar-refractivity contribution >= 4 is 16.3 Å². The van der Waals surface area contributed by atoms with Crippen molar-refractivity contribution in [2.45, 2.75) is 70.6 Å². The molecule has 0 aliphatic rings. The molecule has 0 spiro atoms. The zero-order chi connectivity index (χ0) is 26.8. The average Bonchev–Trinajstić information content (AvgIpc) is 2.68. The van der Waals surface area contributed by atoms with Crippen molar-refractivity contribution in [1.29, 1.82) is 0 Å². The normalized spacial score (nSPS) is 16.3. The molecule has 0 aromatic heterocycles. The number of nitrogens with zero attached hydrogens (tertiary/aromatic N) is 2. The molecule has 0 rings (SSSR count). The predicted molar refractivity (Wildman–Crippen MR) is 139 cm³/mol. The first-order valence-corrected chi connectivity index (χ1v) is 16.0. The minimum absolute atomic E-state index is 0.197. The van der Waals surface area contributed by atoms with E-state index >= 15 is 0 Å². The molecule has 0 amide bonds. The molecule has 2 N–H and O–H groups in total. The maximum atomic E-state index is 11.8. The van der Waals surface area contributed by atoms with E-state index in [1.807, 2.05) is 42.3 Å². The van der Waals surface area contributed by atoms with Gasteiger partial charge in [0.15, 0.2) is 0 Å². The summed E-state index contributed by atoms with van der Waals surface area (Å²) < 4.78 is 21.4. The molecular formula is C23H54N2O8P2+2. The Kier molecular flexibility index (Phi) is 18.9. The van der Waals surface area contributed by atoms with E-state index < -0.39 is 16.3 Å². The van der Waals surface area contributed by atoms with Crippen LogP contribution < -0.4 is 9.79 Å². The van der Waals surface area contributed by atoms with E-state index in [1.54, 1.807) is 0 Å². The van der Waals surface area contributed by atoms with Gasteiger partial charge in [0, 0.05) is 0 Å². The summed E-state index contributed by atoms with van der Waals surface area (Å²) in [4.78, 5) is 42.9. The molecule has 0 aromatic carbocycles. The maximum absolute atomic E-state index is 11.8. The summed E-state index contributed by atoms with van der Waals surface area (Å²) in [5.74, 6) is 0. The molecule has 35 heavy (non-hydrogen) atoms. The SMILES string of the molecule is C[N+](C)(C)CCO[P+]([O-])(O)OCCCCCCCCCCCCCO[P+]([O-])(O)OCC[N+](C)(C)C. The second-order valence-electron chi connectivity index (χ2n) is 11.2. The van der Waals surface area contributed by atoms with Crippen molar-refractivity contribution in [3.8, 4) is 0 Å². The lowest BCUT2D eigenvalue weighted by Crippen LogP contribution is -2.38. The molecule has 0 bridgehead atoms. The summed E-state index contributed by atoms with van der Waals surface area (Å²) in [6.07, 6.45) is 11.6. The summed E-state index contributed by atoms with van der Waals surface area (Å²) >= 11 is 0. The summed E-state index contributed by atoms with van der Waals surface area (Å²) in [7, 11) is 4.10. The number of phosphoric acid groups is 2. The minimum Gasteiger partial charge on any atom is -0.606 e. The molecule has 0 aromatic rings. The fraction of sp³-hybridized carbons (Fsp3) is 1.00. The van der Waals surface area contributed by atoms with Crippen LogP contribution in [0.1, 0.15) is 70.6 Å². The smallest absolute Gasteiger partial charge is 0.377 e. The number of rotatable bonds is 24. The molecular weight excluding hydrogens is 494 g/mol. The van der Waals surface area contributed by atoms with Crippen LogP contribution in [0, 0.1) is 0 Å². The highest BCUT2D eigenvalue weighted by atomic mass is 31.2. The van der Waals surface area contributed by atoms with Gasteiger partial charge in [-0.2, -0.15) is 27.9 Å². The molecule has 0 radical (unpaired) electrons. The van der Waals surface area contributed by atoms with Crippen molar-refractivity contribution in [3.05, 3.63) is 0 Å². The van der Waals surface area contributed by atoms with Gasteiger partial charge < -0.3 is 18.8 Å². The van der Waals surface area contributed by atoms with Crippen molar-refractivity contribution in [3.63, 3.8) is 0 Å². The van der Waals surface area contributed by atoms with E-state index in [4.69, 9.17) is 18.1 Å². The van der Waals surface area contributed by atoms with Crippen molar-refractivity contribution in [2.24, 2.45) is 0 Å². The number of unbranched alkanes of at least 4 members (excludes halogenated alkanes) is 10. The van der Waals surface area contributed by atoms with Gasteiger partial charge in [-0.05, 0) is 12.8 Å². The highest BCUT2D eigenvalue weighted by molar-refractivity contribution is 7.53. The number of hydrogen-bond acceptors (Lipinski definition) is 8. The van der Waals surface area contributed by atoms with Gasteiger partial charge in [0.2, 0.25) is 0 Å². The number of likely N-dealkylation sites (N-methyl/N-ethyl adjacent to an activating group) is 2. The summed E-state index contributed by atoms with van der Waals surface area (Å²) in [6.45, 7) is 2.17. The zero-order valence-electron chi connectivity index (χ0n) is 23.2. The molecule has 212 valence electrons. The monoisotopic (exact) mass is 548 g/mol. The fourth-order valence-corrected chi connectivity index (χ4v) is 4.58. The van der Waals surface area contributed by atoms with Crippen molar-refractivity contribution in [2.75, 3.05) is 81.8 Å². The molecule has 0 fully saturated rings. The van der Waals surface area contributed by atoms with Crippen LogP contribution in [0.4, 0.5) is 0 Å². The number of phosphoric ester groups is 2. The summed E-state index contributed by atoms with van der Waals surface area (Å²) in [5, 5.41) is 0. The molecule has 2 unspecified atom stereocenters.